The van der Waals surface area contributed by atoms with Crippen LogP contribution < -0.4 is 5.73 Å². The molecule has 0 aliphatic rings. The van der Waals surface area contributed by atoms with Crippen molar-refractivity contribution in [2.45, 2.75) is 12.6 Å². The summed E-state index contributed by atoms with van der Waals surface area (Å²) in [5.41, 5.74) is 7.65. The number of benzene rings is 1. The highest BCUT2D eigenvalue weighted by Gasteiger charge is 2.19. The number of pyridine rings is 1. The smallest absolute Gasteiger partial charge is 0.244 e. The molecule has 0 fully saturated rings. The number of aromatic nitrogens is 1. The van der Waals surface area contributed by atoms with Crippen LogP contribution in [0.1, 0.15) is 17.3 Å². The fourth-order valence-corrected chi connectivity index (χ4v) is 1.85. The predicted molar refractivity (Wildman–Crippen MR) is 74.1 cm³/mol. The molecule has 0 saturated carbocycles. The molecule has 0 spiro atoms. The minimum Gasteiger partial charge on any atom is -0.338 e. The molecule has 19 heavy (non-hydrogen) atoms. The fraction of sp³-hybridized carbons (Fsp3) is 0.200. The van der Waals surface area contributed by atoms with Crippen molar-refractivity contribution < 1.29 is 4.79 Å². The van der Waals surface area contributed by atoms with E-state index in [0.717, 1.165) is 11.3 Å². The van der Waals surface area contributed by atoms with E-state index in [9.17, 15) is 4.79 Å². The van der Waals surface area contributed by atoms with E-state index in [1.807, 2.05) is 48.5 Å². The van der Waals surface area contributed by atoms with Crippen LogP contribution in [0.15, 0.2) is 54.7 Å². The first kappa shape index (κ1) is 13.2. The first-order chi connectivity index (χ1) is 9.18. The van der Waals surface area contributed by atoms with Gasteiger partial charge < -0.3 is 10.6 Å². The largest absolute Gasteiger partial charge is 0.338 e. The van der Waals surface area contributed by atoms with Crippen molar-refractivity contribution in [3.05, 3.63) is 66.0 Å². The quantitative estimate of drug-likeness (QED) is 0.905. The van der Waals surface area contributed by atoms with Gasteiger partial charge in [0.25, 0.3) is 0 Å². The van der Waals surface area contributed by atoms with E-state index >= 15 is 0 Å². The van der Waals surface area contributed by atoms with Crippen LogP contribution in [0, 0.1) is 0 Å². The maximum absolute atomic E-state index is 12.2. The Hall–Kier alpha value is -2.20. The Morgan fingerprint density at radius 3 is 2.53 bits per heavy atom. The molecule has 0 radical (unpaired) electrons. The van der Waals surface area contributed by atoms with Gasteiger partial charge in [-0.3, -0.25) is 9.78 Å². The van der Waals surface area contributed by atoms with E-state index in [2.05, 4.69) is 4.98 Å². The van der Waals surface area contributed by atoms with Crippen molar-refractivity contribution in [2.75, 3.05) is 7.05 Å². The molecule has 0 saturated heterocycles. The number of likely N-dealkylation sites (N-methyl/N-ethyl adjacent to an activating group) is 1. The molecule has 2 rings (SSSR count). The van der Waals surface area contributed by atoms with Crippen LogP contribution in [0.25, 0.3) is 0 Å². The van der Waals surface area contributed by atoms with Gasteiger partial charge in [-0.25, -0.2) is 0 Å². The monoisotopic (exact) mass is 255 g/mol. The minimum atomic E-state index is -0.630. The zero-order chi connectivity index (χ0) is 13.7. The molecule has 4 nitrogen and oxygen atoms in total. The van der Waals surface area contributed by atoms with Gasteiger partial charge in [0.2, 0.25) is 5.91 Å². The summed E-state index contributed by atoms with van der Waals surface area (Å²) in [5, 5.41) is 0. The van der Waals surface area contributed by atoms with Crippen LogP contribution in [0.3, 0.4) is 0 Å². The third-order valence-electron chi connectivity index (χ3n) is 2.93. The third-order valence-corrected chi connectivity index (χ3v) is 2.93. The van der Waals surface area contributed by atoms with Gasteiger partial charge in [0, 0.05) is 13.2 Å². The van der Waals surface area contributed by atoms with Crippen molar-refractivity contribution in [1.29, 1.82) is 0 Å². The average molecular weight is 255 g/mol. The summed E-state index contributed by atoms with van der Waals surface area (Å²) in [5.74, 6) is -0.114. The lowest BCUT2D eigenvalue weighted by molar-refractivity contribution is -0.132. The first-order valence-electron chi connectivity index (χ1n) is 6.14. The van der Waals surface area contributed by atoms with Crippen LogP contribution in [0.4, 0.5) is 0 Å². The second-order valence-corrected chi connectivity index (χ2v) is 4.40. The lowest BCUT2D eigenvalue weighted by Crippen LogP contribution is -2.35. The van der Waals surface area contributed by atoms with E-state index in [-0.39, 0.29) is 5.91 Å². The SMILES string of the molecule is CN(Cc1ccccn1)C(=O)[C@H](N)c1ccccc1. The molecular weight excluding hydrogens is 238 g/mol. The zero-order valence-corrected chi connectivity index (χ0v) is 10.9. The summed E-state index contributed by atoms with van der Waals surface area (Å²) < 4.78 is 0. The topological polar surface area (TPSA) is 59.2 Å². The van der Waals surface area contributed by atoms with E-state index in [0.29, 0.717) is 6.54 Å². The van der Waals surface area contributed by atoms with E-state index in [1.165, 1.54) is 0 Å². The highest BCUT2D eigenvalue weighted by atomic mass is 16.2. The van der Waals surface area contributed by atoms with Gasteiger partial charge in [-0.15, -0.1) is 0 Å². The van der Waals surface area contributed by atoms with E-state index < -0.39 is 6.04 Å². The molecule has 0 aliphatic carbocycles. The molecule has 1 atom stereocenters. The van der Waals surface area contributed by atoms with Gasteiger partial charge in [-0.2, -0.15) is 0 Å². The maximum atomic E-state index is 12.2. The summed E-state index contributed by atoms with van der Waals surface area (Å²) in [6.45, 7) is 0.459. The molecule has 98 valence electrons. The molecule has 0 aliphatic heterocycles. The summed E-state index contributed by atoms with van der Waals surface area (Å²) in [7, 11) is 1.74. The number of hydrogen-bond acceptors (Lipinski definition) is 3. The highest BCUT2D eigenvalue weighted by Crippen LogP contribution is 2.13. The summed E-state index contributed by atoms with van der Waals surface area (Å²) >= 11 is 0. The molecule has 0 bridgehead atoms. The van der Waals surface area contributed by atoms with Gasteiger partial charge in [-0.1, -0.05) is 36.4 Å². The fourth-order valence-electron chi connectivity index (χ4n) is 1.85. The number of carbonyl (C=O) groups excluding carboxylic acids is 1. The van der Waals surface area contributed by atoms with Gasteiger partial charge in [0.15, 0.2) is 0 Å². The van der Waals surface area contributed by atoms with Crippen molar-refractivity contribution in [2.24, 2.45) is 5.73 Å². The maximum Gasteiger partial charge on any atom is 0.244 e. The molecule has 0 unspecified atom stereocenters. The third kappa shape index (κ3) is 3.39. The lowest BCUT2D eigenvalue weighted by Gasteiger charge is -2.21. The van der Waals surface area contributed by atoms with Crippen LogP contribution in [0.5, 0.6) is 0 Å². The molecule has 1 amide bonds. The van der Waals surface area contributed by atoms with Crippen LogP contribution >= 0.6 is 0 Å². The standard InChI is InChI=1S/C15H17N3O/c1-18(11-13-9-5-6-10-17-13)15(19)14(16)12-7-3-2-4-8-12/h2-10,14H,11,16H2,1H3/t14-/m1/s1. The summed E-state index contributed by atoms with van der Waals surface area (Å²) in [4.78, 5) is 18.0. The van der Waals surface area contributed by atoms with Gasteiger partial charge >= 0.3 is 0 Å². The average Bonchev–Trinajstić information content (AvgIpc) is 2.47. The molecular formula is C15H17N3O. The molecule has 2 N–H and O–H groups in total. The Morgan fingerprint density at radius 2 is 1.89 bits per heavy atom. The number of carbonyl (C=O) groups is 1. The zero-order valence-electron chi connectivity index (χ0n) is 10.9. The Morgan fingerprint density at radius 1 is 1.21 bits per heavy atom. The van der Waals surface area contributed by atoms with Gasteiger partial charge in [-0.05, 0) is 17.7 Å². The Balaban J connectivity index is 2.03. The van der Waals surface area contributed by atoms with Crippen molar-refractivity contribution >= 4 is 5.91 Å². The molecule has 2 aromatic rings. The van der Waals surface area contributed by atoms with Crippen molar-refractivity contribution in [3.63, 3.8) is 0 Å². The molecule has 1 heterocycles. The van der Waals surface area contributed by atoms with Crippen LogP contribution in [0.2, 0.25) is 0 Å². The van der Waals surface area contributed by atoms with Crippen LogP contribution in [-0.4, -0.2) is 22.8 Å². The Labute approximate surface area is 112 Å². The highest BCUT2D eigenvalue weighted by molar-refractivity contribution is 5.82. The summed E-state index contributed by atoms with van der Waals surface area (Å²) in [6.07, 6.45) is 1.71. The van der Waals surface area contributed by atoms with Crippen molar-refractivity contribution in [3.8, 4) is 0 Å². The number of hydrogen-bond donors (Lipinski definition) is 1. The Bertz CT molecular complexity index is 528. The second-order valence-electron chi connectivity index (χ2n) is 4.40. The minimum absolute atomic E-state index is 0.114. The second kappa shape index (κ2) is 6.11. The van der Waals surface area contributed by atoms with E-state index in [4.69, 9.17) is 5.73 Å². The molecule has 1 aromatic carbocycles. The van der Waals surface area contributed by atoms with Crippen molar-refractivity contribution in [1.82, 2.24) is 9.88 Å². The number of amides is 1. The normalized spacial score (nSPS) is 11.9. The predicted octanol–water partition coefficient (Wildman–Crippen LogP) is 1.74. The Kier molecular flexibility index (Phi) is 4.26. The summed E-state index contributed by atoms with van der Waals surface area (Å²) in [6, 6.07) is 14.4. The number of rotatable bonds is 4. The van der Waals surface area contributed by atoms with Gasteiger partial charge in [0.1, 0.15) is 6.04 Å². The molecule has 4 heteroatoms. The lowest BCUT2D eigenvalue weighted by atomic mass is 10.1. The first-order valence-corrected chi connectivity index (χ1v) is 6.14. The van der Waals surface area contributed by atoms with E-state index in [1.54, 1.807) is 18.1 Å². The van der Waals surface area contributed by atoms with Crippen LogP contribution in [-0.2, 0) is 11.3 Å². The molecule has 1 aromatic heterocycles. The number of nitrogens with two attached hydrogens (primary N) is 1. The van der Waals surface area contributed by atoms with Gasteiger partial charge in [0.05, 0.1) is 12.2 Å². The number of nitrogens with zero attached hydrogens (tertiary/aromatic N) is 2.